The van der Waals surface area contributed by atoms with Crippen molar-refractivity contribution in [2.45, 2.75) is 49.9 Å². The highest BCUT2D eigenvalue weighted by Gasteiger charge is 2.46. The zero-order valence-electron chi connectivity index (χ0n) is 18.7. The van der Waals surface area contributed by atoms with Crippen LogP contribution in [0.1, 0.15) is 37.2 Å². The van der Waals surface area contributed by atoms with Crippen LogP contribution in [0.25, 0.3) is 0 Å². The lowest BCUT2D eigenvalue weighted by atomic mass is 9.84. The number of nitrogens with zero attached hydrogens (tertiary/aromatic N) is 1. The number of morpholine rings is 1. The van der Waals surface area contributed by atoms with Crippen LogP contribution in [0.2, 0.25) is 0 Å². The average Bonchev–Trinajstić information content (AvgIpc) is 3.22. The molecule has 3 saturated heterocycles. The summed E-state index contributed by atoms with van der Waals surface area (Å²) in [5, 5.41) is 13.0. The summed E-state index contributed by atoms with van der Waals surface area (Å²) in [5.41, 5.74) is 1.73. The molecule has 1 aromatic rings. The number of anilines is 1. The first-order valence-corrected chi connectivity index (χ1v) is 11.9. The van der Waals surface area contributed by atoms with Crippen molar-refractivity contribution < 1.29 is 33.6 Å². The van der Waals surface area contributed by atoms with Gasteiger partial charge in [-0.05, 0) is 37.5 Å². The third-order valence-electron chi connectivity index (χ3n) is 7.13. The summed E-state index contributed by atoms with van der Waals surface area (Å²) in [5.74, 6) is 0.774. The quantitative estimate of drug-likeness (QED) is 0.682. The molecule has 0 saturated carbocycles. The van der Waals surface area contributed by atoms with Crippen LogP contribution in [0, 0.1) is 5.92 Å². The van der Waals surface area contributed by atoms with Gasteiger partial charge in [-0.25, -0.2) is 0 Å². The van der Waals surface area contributed by atoms with Gasteiger partial charge in [-0.1, -0.05) is 0 Å². The number of aliphatic hydroxyl groups excluding tert-OH is 1. The van der Waals surface area contributed by atoms with Crippen molar-refractivity contribution >= 4 is 17.5 Å². The van der Waals surface area contributed by atoms with Crippen molar-refractivity contribution in [2.24, 2.45) is 5.92 Å². The van der Waals surface area contributed by atoms with E-state index in [1.165, 1.54) is 0 Å². The molecule has 0 bridgehead atoms. The summed E-state index contributed by atoms with van der Waals surface area (Å²) in [6.07, 6.45) is 1.27. The van der Waals surface area contributed by atoms with E-state index in [4.69, 9.17) is 18.9 Å². The molecule has 2 amide bonds. The Balaban J connectivity index is 1.28. The highest BCUT2D eigenvalue weighted by molar-refractivity contribution is 5.92. The molecule has 4 heterocycles. The molecular formula is C24H32N2O7. The van der Waals surface area contributed by atoms with Gasteiger partial charge >= 0.3 is 0 Å². The highest BCUT2D eigenvalue weighted by Crippen LogP contribution is 2.47. The number of nitrogens with one attached hydrogen (secondary N) is 1. The van der Waals surface area contributed by atoms with Crippen LogP contribution in [0.15, 0.2) is 18.2 Å². The molecule has 0 spiro atoms. The first-order valence-electron chi connectivity index (χ1n) is 11.9. The number of hydrogen-bond acceptors (Lipinski definition) is 7. The van der Waals surface area contributed by atoms with Gasteiger partial charge < -0.3 is 34.3 Å². The molecule has 3 fully saturated rings. The Kier molecular flexibility index (Phi) is 6.82. The van der Waals surface area contributed by atoms with Gasteiger partial charge in [0.25, 0.3) is 0 Å². The number of ether oxygens (including phenoxy) is 4. The SMILES string of the molecule is O=C(Nc1ccc2c(c1)[C@H]1C[C@@H](CC(=O)N3CCOCC3)O[C@H](CO)[C@H]1O2)C1CCOCC1. The third kappa shape index (κ3) is 4.87. The Morgan fingerprint density at radius 3 is 2.61 bits per heavy atom. The molecular weight excluding hydrogens is 428 g/mol. The van der Waals surface area contributed by atoms with Crippen LogP contribution in [0.3, 0.4) is 0 Å². The molecule has 4 aliphatic rings. The molecule has 33 heavy (non-hydrogen) atoms. The molecule has 4 atom stereocenters. The molecule has 4 aliphatic heterocycles. The Labute approximate surface area is 193 Å². The van der Waals surface area contributed by atoms with E-state index in [0.717, 1.165) is 29.8 Å². The Hall–Kier alpha value is -2.20. The van der Waals surface area contributed by atoms with Crippen molar-refractivity contribution in [3.63, 3.8) is 0 Å². The van der Waals surface area contributed by atoms with E-state index in [9.17, 15) is 14.7 Å². The molecule has 0 aromatic heterocycles. The predicted molar refractivity (Wildman–Crippen MR) is 118 cm³/mol. The van der Waals surface area contributed by atoms with E-state index in [0.29, 0.717) is 45.9 Å². The molecule has 9 heteroatoms. The van der Waals surface area contributed by atoms with Gasteiger partial charge in [0.15, 0.2) is 0 Å². The molecule has 1 aromatic carbocycles. The number of amides is 2. The van der Waals surface area contributed by atoms with Gasteiger partial charge in [0.05, 0.1) is 32.3 Å². The summed E-state index contributed by atoms with van der Waals surface area (Å²) in [7, 11) is 0. The van der Waals surface area contributed by atoms with Gasteiger partial charge in [-0.15, -0.1) is 0 Å². The van der Waals surface area contributed by atoms with Crippen molar-refractivity contribution in [1.29, 1.82) is 0 Å². The van der Waals surface area contributed by atoms with Gasteiger partial charge in [-0.3, -0.25) is 9.59 Å². The van der Waals surface area contributed by atoms with Crippen LogP contribution in [-0.4, -0.2) is 86.3 Å². The van der Waals surface area contributed by atoms with Gasteiger partial charge in [-0.2, -0.15) is 0 Å². The van der Waals surface area contributed by atoms with Gasteiger partial charge in [0.2, 0.25) is 11.8 Å². The normalized spacial score (nSPS) is 29.7. The lowest BCUT2D eigenvalue weighted by Crippen LogP contribution is -2.48. The number of carbonyl (C=O) groups excluding carboxylic acids is 2. The van der Waals surface area contributed by atoms with Crippen LogP contribution in [-0.2, 0) is 23.8 Å². The lowest BCUT2D eigenvalue weighted by Gasteiger charge is -2.38. The lowest BCUT2D eigenvalue weighted by molar-refractivity contribution is -0.151. The summed E-state index contributed by atoms with van der Waals surface area (Å²) in [4.78, 5) is 27.3. The van der Waals surface area contributed by atoms with Gasteiger partial charge in [0, 0.05) is 49.4 Å². The minimum atomic E-state index is -0.501. The van der Waals surface area contributed by atoms with E-state index in [1.54, 1.807) is 0 Å². The van der Waals surface area contributed by atoms with Crippen molar-refractivity contribution in [2.75, 3.05) is 51.4 Å². The van der Waals surface area contributed by atoms with E-state index in [1.807, 2.05) is 23.1 Å². The zero-order chi connectivity index (χ0) is 22.8. The third-order valence-corrected chi connectivity index (χ3v) is 7.13. The Bertz CT molecular complexity index is 866. The maximum absolute atomic E-state index is 12.8. The number of fused-ring (bicyclic) bond motifs is 3. The first kappa shape index (κ1) is 22.6. The number of benzene rings is 1. The fourth-order valence-corrected chi connectivity index (χ4v) is 5.31. The predicted octanol–water partition coefficient (Wildman–Crippen LogP) is 1.29. The van der Waals surface area contributed by atoms with Gasteiger partial charge in [0.1, 0.15) is 18.0 Å². The second-order valence-corrected chi connectivity index (χ2v) is 9.23. The maximum atomic E-state index is 12.8. The fourth-order valence-electron chi connectivity index (χ4n) is 5.31. The molecule has 5 rings (SSSR count). The molecule has 2 N–H and O–H groups in total. The summed E-state index contributed by atoms with van der Waals surface area (Å²) >= 11 is 0. The smallest absolute Gasteiger partial charge is 0.227 e. The summed E-state index contributed by atoms with van der Waals surface area (Å²) in [6, 6.07) is 5.69. The highest BCUT2D eigenvalue weighted by atomic mass is 16.6. The van der Waals surface area contributed by atoms with Crippen LogP contribution in [0.5, 0.6) is 5.75 Å². The minimum Gasteiger partial charge on any atom is -0.487 e. The van der Waals surface area contributed by atoms with Crippen molar-refractivity contribution in [3.05, 3.63) is 23.8 Å². The van der Waals surface area contributed by atoms with Crippen LogP contribution >= 0.6 is 0 Å². The van der Waals surface area contributed by atoms with Crippen molar-refractivity contribution in [1.82, 2.24) is 4.90 Å². The first-order chi connectivity index (χ1) is 16.1. The second kappa shape index (κ2) is 9.97. The topological polar surface area (TPSA) is 107 Å². The maximum Gasteiger partial charge on any atom is 0.227 e. The Morgan fingerprint density at radius 1 is 1.09 bits per heavy atom. The molecule has 0 radical (unpaired) electrons. The number of rotatable bonds is 5. The average molecular weight is 461 g/mol. The zero-order valence-corrected chi connectivity index (χ0v) is 18.7. The number of aliphatic hydroxyl groups is 1. The Morgan fingerprint density at radius 2 is 1.85 bits per heavy atom. The van der Waals surface area contributed by atoms with E-state index in [2.05, 4.69) is 5.32 Å². The van der Waals surface area contributed by atoms with Crippen LogP contribution in [0.4, 0.5) is 5.69 Å². The van der Waals surface area contributed by atoms with Crippen molar-refractivity contribution in [3.8, 4) is 5.75 Å². The molecule has 0 aliphatic carbocycles. The summed E-state index contributed by atoms with van der Waals surface area (Å²) in [6.45, 7) is 3.38. The number of hydrogen-bond donors (Lipinski definition) is 2. The largest absolute Gasteiger partial charge is 0.487 e. The van der Waals surface area contributed by atoms with E-state index >= 15 is 0 Å². The monoisotopic (exact) mass is 460 g/mol. The fraction of sp³-hybridized carbons (Fsp3) is 0.667. The molecule has 9 nitrogen and oxygen atoms in total. The molecule has 180 valence electrons. The molecule has 0 unspecified atom stereocenters. The van der Waals surface area contributed by atoms with E-state index < -0.39 is 6.10 Å². The van der Waals surface area contributed by atoms with E-state index in [-0.39, 0.29) is 48.9 Å². The number of carbonyl (C=O) groups is 2. The van der Waals surface area contributed by atoms with Crippen LogP contribution < -0.4 is 10.1 Å². The second-order valence-electron chi connectivity index (χ2n) is 9.23. The standard InChI is InChI=1S/C24H32N2O7/c27-14-21-23-19(12-17(32-21)13-22(28)26-5-9-31-10-6-26)18-11-16(1-2-20(18)33-23)25-24(29)15-3-7-30-8-4-15/h1-2,11,15,17,19,21,23,27H,3-10,12-14H2,(H,25,29)/t17-,19+,21+,23-/m0/s1. The summed E-state index contributed by atoms with van der Waals surface area (Å²) < 4.78 is 22.9. The minimum absolute atomic E-state index is 0.00618.